The highest BCUT2D eigenvalue weighted by molar-refractivity contribution is 7.12. The predicted octanol–water partition coefficient (Wildman–Crippen LogP) is 2.34. The molecular weight excluding hydrogens is 364 g/mol. The molecule has 1 aromatic carbocycles. The number of methoxy groups -OCH3 is 1. The first-order valence-electron chi connectivity index (χ1n) is 9.16. The van der Waals surface area contributed by atoms with Crippen molar-refractivity contribution in [2.24, 2.45) is 0 Å². The fourth-order valence-corrected chi connectivity index (χ4v) is 3.82. The Morgan fingerprint density at radius 3 is 2.63 bits per heavy atom. The Morgan fingerprint density at radius 2 is 1.93 bits per heavy atom. The van der Waals surface area contributed by atoms with Gasteiger partial charge in [-0.2, -0.15) is 0 Å². The molecule has 0 aliphatic carbocycles. The highest BCUT2D eigenvalue weighted by Crippen LogP contribution is 2.17. The Bertz CT molecular complexity index is 705. The zero-order valence-corrected chi connectivity index (χ0v) is 16.4. The molecule has 3 rings (SSSR count). The topological polar surface area (TPSA) is 62.2 Å². The van der Waals surface area contributed by atoms with Crippen LogP contribution in [0, 0.1) is 0 Å². The van der Waals surface area contributed by atoms with Gasteiger partial charge >= 0.3 is 0 Å². The molecule has 1 saturated heterocycles. The van der Waals surface area contributed by atoms with E-state index in [9.17, 15) is 9.90 Å². The molecule has 0 unspecified atom stereocenters. The number of hydrogen-bond donors (Lipinski definition) is 1. The van der Waals surface area contributed by atoms with Crippen molar-refractivity contribution in [3.8, 4) is 11.5 Å². The molecule has 0 bridgehead atoms. The second kappa shape index (κ2) is 9.73. The maximum absolute atomic E-state index is 12.5. The Balaban J connectivity index is 1.43. The van der Waals surface area contributed by atoms with Crippen molar-refractivity contribution < 1.29 is 19.4 Å². The molecule has 6 nitrogen and oxygen atoms in total. The third-order valence-electron chi connectivity index (χ3n) is 4.58. The van der Waals surface area contributed by atoms with E-state index in [1.165, 1.54) is 11.3 Å². The van der Waals surface area contributed by atoms with Crippen LogP contribution in [0.25, 0.3) is 0 Å². The predicted molar refractivity (Wildman–Crippen MR) is 106 cm³/mol. The molecule has 146 valence electrons. The Morgan fingerprint density at radius 1 is 1.15 bits per heavy atom. The molecule has 1 aliphatic heterocycles. The van der Waals surface area contributed by atoms with Crippen LogP contribution in [0.15, 0.2) is 41.8 Å². The molecule has 27 heavy (non-hydrogen) atoms. The number of ether oxygens (including phenoxy) is 2. The second-order valence-electron chi connectivity index (χ2n) is 6.56. The smallest absolute Gasteiger partial charge is 0.263 e. The molecule has 2 aromatic rings. The van der Waals surface area contributed by atoms with Crippen LogP contribution < -0.4 is 9.47 Å². The van der Waals surface area contributed by atoms with Crippen molar-refractivity contribution in [3.63, 3.8) is 0 Å². The summed E-state index contributed by atoms with van der Waals surface area (Å²) in [6.45, 7) is 3.84. The van der Waals surface area contributed by atoms with Crippen molar-refractivity contribution in [1.29, 1.82) is 0 Å². The molecule has 2 heterocycles. The Labute approximate surface area is 163 Å². The number of thiophene rings is 1. The maximum atomic E-state index is 12.5. The van der Waals surface area contributed by atoms with E-state index < -0.39 is 6.10 Å². The largest absolute Gasteiger partial charge is 0.497 e. The van der Waals surface area contributed by atoms with E-state index in [2.05, 4.69) is 4.90 Å². The molecule has 0 spiro atoms. The minimum Gasteiger partial charge on any atom is -0.497 e. The number of nitrogens with zero attached hydrogens (tertiary/aromatic N) is 2. The fourth-order valence-electron chi connectivity index (χ4n) is 3.13. The number of β-amino-alcohol motifs (C(OH)–C–C–N with tert-alkyl or cyclic N) is 1. The molecule has 0 saturated carbocycles. The molecular formula is C20H26N2O4S. The zero-order valence-electron chi connectivity index (χ0n) is 15.5. The number of aliphatic hydroxyl groups is 1. The van der Waals surface area contributed by atoms with Gasteiger partial charge < -0.3 is 19.5 Å². The van der Waals surface area contributed by atoms with E-state index >= 15 is 0 Å². The maximum Gasteiger partial charge on any atom is 0.263 e. The van der Waals surface area contributed by atoms with Crippen molar-refractivity contribution in [3.05, 3.63) is 46.7 Å². The third kappa shape index (κ3) is 5.69. The van der Waals surface area contributed by atoms with Gasteiger partial charge in [0.05, 0.1) is 12.0 Å². The number of carbonyl (C=O) groups is 1. The summed E-state index contributed by atoms with van der Waals surface area (Å²) in [5, 5.41) is 12.2. The lowest BCUT2D eigenvalue weighted by atomic mass is 10.3. The van der Waals surface area contributed by atoms with Crippen molar-refractivity contribution in [1.82, 2.24) is 9.80 Å². The summed E-state index contributed by atoms with van der Waals surface area (Å²) >= 11 is 1.48. The van der Waals surface area contributed by atoms with Gasteiger partial charge in [-0.1, -0.05) is 6.07 Å². The van der Waals surface area contributed by atoms with Crippen molar-refractivity contribution in [2.45, 2.75) is 12.5 Å². The van der Waals surface area contributed by atoms with Crippen LogP contribution in [0.1, 0.15) is 16.1 Å². The highest BCUT2D eigenvalue weighted by Gasteiger charge is 2.22. The molecule has 1 aromatic heterocycles. The monoisotopic (exact) mass is 390 g/mol. The summed E-state index contributed by atoms with van der Waals surface area (Å²) in [5.41, 5.74) is 0. The first kappa shape index (κ1) is 19.7. The minimum atomic E-state index is -0.577. The molecule has 7 heteroatoms. The average Bonchev–Trinajstić information content (AvgIpc) is 3.13. The van der Waals surface area contributed by atoms with Gasteiger partial charge in [0.1, 0.15) is 24.2 Å². The van der Waals surface area contributed by atoms with Gasteiger partial charge in [0.15, 0.2) is 0 Å². The summed E-state index contributed by atoms with van der Waals surface area (Å²) in [6.07, 6.45) is 0.329. The number of amides is 1. The molecule has 1 aliphatic rings. The van der Waals surface area contributed by atoms with Gasteiger partial charge in [-0.3, -0.25) is 9.69 Å². The second-order valence-corrected chi connectivity index (χ2v) is 7.51. The quantitative estimate of drug-likeness (QED) is 0.786. The summed E-state index contributed by atoms with van der Waals surface area (Å²) in [6, 6.07) is 11.1. The minimum absolute atomic E-state index is 0.107. The number of benzene rings is 1. The number of aliphatic hydroxyl groups excluding tert-OH is 1. The van der Waals surface area contributed by atoms with Gasteiger partial charge in [-0.05, 0) is 48.7 Å². The number of carbonyl (C=O) groups excluding carboxylic acids is 1. The van der Waals surface area contributed by atoms with E-state index in [0.717, 1.165) is 36.7 Å². The van der Waals surface area contributed by atoms with Crippen molar-refractivity contribution >= 4 is 17.2 Å². The van der Waals surface area contributed by atoms with E-state index in [1.807, 2.05) is 46.7 Å². The van der Waals surface area contributed by atoms with Crippen LogP contribution in [0.4, 0.5) is 0 Å². The Kier molecular flexibility index (Phi) is 7.09. The third-order valence-corrected chi connectivity index (χ3v) is 5.44. The van der Waals surface area contributed by atoms with Gasteiger partial charge in [0.2, 0.25) is 0 Å². The lowest BCUT2D eigenvalue weighted by Gasteiger charge is -2.24. The van der Waals surface area contributed by atoms with Crippen LogP contribution in [0.5, 0.6) is 11.5 Å². The van der Waals surface area contributed by atoms with E-state index in [0.29, 0.717) is 18.8 Å². The molecule has 1 fully saturated rings. The molecule has 1 N–H and O–H groups in total. The summed E-state index contributed by atoms with van der Waals surface area (Å²) in [4.78, 5) is 17.4. The van der Waals surface area contributed by atoms with E-state index in [4.69, 9.17) is 9.47 Å². The summed E-state index contributed by atoms with van der Waals surface area (Å²) in [5.74, 6) is 1.59. The number of rotatable bonds is 7. The van der Waals surface area contributed by atoms with Crippen LogP contribution in [-0.2, 0) is 0 Å². The fraction of sp³-hybridized carbons (Fsp3) is 0.450. The highest BCUT2D eigenvalue weighted by atomic mass is 32.1. The lowest BCUT2D eigenvalue weighted by molar-refractivity contribution is 0.0671. The molecule has 1 atom stereocenters. The SMILES string of the molecule is COc1ccc(OC[C@H](O)CN2CCCN(C(=O)c3cccs3)CC2)cc1. The van der Waals surface area contributed by atoms with Crippen LogP contribution in [-0.4, -0.2) is 73.4 Å². The normalized spacial score (nSPS) is 16.6. The van der Waals surface area contributed by atoms with E-state index in [1.54, 1.807) is 7.11 Å². The number of hydrogen-bond acceptors (Lipinski definition) is 6. The van der Waals surface area contributed by atoms with E-state index in [-0.39, 0.29) is 12.5 Å². The zero-order chi connectivity index (χ0) is 19.1. The lowest BCUT2D eigenvalue weighted by Crippen LogP contribution is -2.39. The van der Waals surface area contributed by atoms with Gasteiger partial charge in [-0.25, -0.2) is 0 Å². The van der Waals surface area contributed by atoms with Crippen molar-refractivity contribution in [2.75, 3.05) is 46.4 Å². The van der Waals surface area contributed by atoms with Crippen LogP contribution in [0.3, 0.4) is 0 Å². The first-order chi connectivity index (χ1) is 13.2. The van der Waals surface area contributed by atoms with Gasteiger partial charge in [-0.15, -0.1) is 11.3 Å². The molecule has 1 amide bonds. The molecule has 0 radical (unpaired) electrons. The summed E-state index contributed by atoms with van der Waals surface area (Å²) in [7, 11) is 1.62. The average molecular weight is 391 g/mol. The Hall–Kier alpha value is -2.09. The van der Waals surface area contributed by atoms with Gasteiger partial charge in [0.25, 0.3) is 5.91 Å². The summed E-state index contributed by atoms with van der Waals surface area (Å²) < 4.78 is 10.8. The van der Waals surface area contributed by atoms with Crippen LogP contribution in [0.2, 0.25) is 0 Å². The standard InChI is InChI=1S/C20H26N2O4S/c1-25-17-5-7-18(8-6-17)26-15-16(23)14-21-9-3-10-22(12-11-21)20(24)19-4-2-13-27-19/h2,4-8,13,16,23H,3,9-12,14-15H2,1H3/t16-/m1/s1. The van der Waals surface area contributed by atoms with Gasteiger partial charge in [0, 0.05) is 26.2 Å². The first-order valence-corrected chi connectivity index (χ1v) is 10.0. The van der Waals surface area contributed by atoms with Crippen LogP contribution >= 0.6 is 11.3 Å².